The Bertz CT molecular complexity index is 1230. The Labute approximate surface area is 217 Å². The number of halogens is 1. The van der Waals surface area contributed by atoms with Crippen LogP contribution in [0.2, 0.25) is 0 Å². The van der Waals surface area contributed by atoms with E-state index in [9.17, 15) is 4.79 Å². The van der Waals surface area contributed by atoms with Gasteiger partial charge in [-0.2, -0.15) is 0 Å². The van der Waals surface area contributed by atoms with Crippen LogP contribution in [0, 0.1) is 11.3 Å². The number of carbonyl (C=O) groups excluding carboxylic acids is 1. The molecule has 4 heterocycles. The van der Waals surface area contributed by atoms with Gasteiger partial charge in [0.05, 0.1) is 6.33 Å². The number of likely N-dealkylation sites (tertiary alicyclic amines) is 1. The predicted molar refractivity (Wildman–Crippen MR) is 137 cm³/mol. The fourth-order valence-electron chi connectivity index (χ4n) is 4.50. The summed E-state index contributed by atoms with van der Waals surface area (Å²) >= 11 is 5.02. The van der Waals surface area contributed by atoms with Crippen molar-refractivity contribution >= 4 is 39.4 Å². The van der Waals surface area contributed by atoms with Crippen LogP contribution in [0.15, 0.2) is 33.0 Å². The van der Waals surface area contributed by atoms with E-state index in [1.807, 2.05) is 42.4 Å². The zero-order chi connectivity index (χ0) is 24.7. The number of rotatable bonds is 5. The molecule has 4 aliphatic rings. The second-order valence-electron chi connectivity index (χ2n) is 10.0. The summed E-state index contributed by atoms with van der Waals surface area (Å²) in [5.74, 6) is 3.16. The monoisotopic (exact) mass is 560 g/mol. The number of nitrogens with zero attached hydrogens (tertiary/aromatic N) is 5. The van der Waals surface area contributed by atoms with Crippen LogP contribution in [0.3, 0.4) is 0 Å². The van der Waals surface area contributed by atoms with Crippen LogP contribution < -0.4 is 15.2 Å². The SMILES string of the molecule is CC(C)(C)C(=O)N1CCCC(CCn2cnc(N)c3nc(Sc4cc5c(cc4Br)OCO5)nc2-3)C1. The van der Waals surface area contributed by atoms with Crippen molar-refractivity contribution in [3.63, 3.8) is 0 Å². The highest BCUT2D eigenvalue weighted by Crippen LogP contribution is 2.43. The van der Waals surface area contributed by atoms with Gasteiger partial charge in [-0.1, -0.05) is 20.8 Å². The van der Waals surface area contributed by atoms with E-state index in [0.29, 0.717) is 34.1 Å². The first-order valence-corrected chi connectivity index (χ1v) is 13.3. The third-order valence-corrected chi connectivity index (χ3v) is 8.17. The van der Waals surface area contributed by atoms with E-state index in [2.05, 4.69) is 25.9 Å². The van der Waals surface area contributed by atoms with Crippen LogP contribution in [0.5, 0.6) is 11.5 Å². The minimum atomic E-state index is -0.352. The van der Waals surface area contributed by atoms with Gasteiger partial charge in [0.1, 0.15) is 0 Å². The van der Waals surface area contributed by atoms with Crippen molar-refractivity contribution in [3.05, 3.63) is 22.9 Å². The fraction of sp³-hybridized carbons (Fsp3) is 0.500. The highest BCUT2D eigenvalue weighted by Gasteiger charge is 2.31. The second kappa shape index (κ2) is 9.50. The summed E-state index contributed by atoms with van der Waals surface area (Å²) in [6, 6.07) is 3.81. The van der Waals surface area contributed by atoms with Crippen molar-refractivity contribution in [1.29, 1.82) is 0 Å². The number of hydrogen-bond donors (Lipinski definition) is 1. The van der Waals surface area contributed by atoms with Gasteiger partial charge in [0, 0.05) is 34.4 Å². The maximum atomic E-state index is 12.7. The summed E-state index contributed by atoms with van der Waals surface area (Å²) in [5, 5.41) is 0.590. The van der Waals surface area contributed by atoms with E-state index in [1.165, 1.54) is 11.8 Å². The smallest absolute Gasteiger partial charge is 0.231 e. The van der Waals surface area contributed by atoms with Crippen molar-refractivity contribution in [3.8, 4) is 23.0 Å². The first kappa shape index (κ1) is 24.2. The number of nitrogens with two attached hydrogens (primary N) is 1. The average Bonchev–Trinajstić information content (AvgIpc) is 3.45. The summed E-state index contributed by atoms with van der Waals surface area (Å²) in [7, 11) is 0. The normalized spacial score (nSPS) is 17.8. The minimum absolute atomic E-state index is 0.220. The summed E-state index contributed by atoms with van der Waals surface area (Å²) in [5.41, 5.74) is 6.39. The Morgan fingerprint density at radius 2 is 2.03 bits per heavy atom. The number of hydrogen-bond acceptors (Lipinski definition) is 8. The molecule has 0 bridgehead atoms. The van der Waals surface area contributed by atoms with Gasteiger partial charge in [-0.05, 0) is 65.0 Å². The molecule has 0 aliphatic carbocycles. The molecule has 2 N–H and O–H groups in total. The molecule has 0 aromatic heterocycles. The van der Waals surface area contributed by atoms with E-state index in [4.69, 9.17) is 20.2 Å². The van der Waals surface area contributed by atoms with E-state index in [1.54, 1.807) is 6.33 Å². The maximum Gasteiger partial charge on any atom is 0.231 e. The quantitative estimate of drug-likeness (QED) is 0.479. The number of imidazole rings is 1. The summed E-state index contributed by atoms with van der Waals surface area (Å²) < 4.78 is 13.8. The van der Waals surface area contributed by atoms with E-state index >= 15 is 0 Å². The lowest BCUT2D eigenvalue weighted by Crippen LogP contribution is -2.45. The van der Waals surface area contributed by atoms with Gasteiger partial charge in [0.25, 0.3) is 0 Å². The third-order valence-electron chi connectivity index (χ3n) is 6.33. The topological polar surface area (TPSA) is 108 Å². The van der Waals surface area contributed by atoms with Gasteiger partial charge in [-0.25, -0.2) is 15.0 Å². The largest absolute Gasteiger partial charge is 0.454 e. The molecule has 9 nitrogen and oxygen atoms in total. The van der Waals surface area contributed by atoms with Crippen LogP contribution in [-0.2, 0) is 11.3 Å². The lowest BCUT2D eigenvalue weighted by Gasteiger charge is -2.36. The van der Waals surface area contributed by atoms with E-state index in [0.717, 1.165) is 54.1 Å². The Balaban J connectivity index is 1.31. The van der Waals surface area contributed by atoms with Crippen LogP contribution in [0.4, 0.5) is 5.82 Å². The molecular formula is C24H29BrN6O3S. The molecule has 11 heteroatoms. The summed E-state index contributed by atoms with van der Waals surface area (Å²) in [4.78, 5) is 29.5. The number of anilines is 1. The van der Waals surface area contributed by atoms with Gasteiger partial charge in [-0.3, -0.25) is 4.79 Å². The predicted octanol–water partition coefficient (Wildman–Crippen LogP) is 4.68. The molecule has 1 fully saturated rings. The van der Waals surface area contributed by atoms with Crippen molar-refractivity contribution < 1.29 is 14.3 Å². The number of benzene rings is 1. The molecule has 4 aliphatic heterocycles. The number of nitrogen functional groups attached to an aromatic ring is 1. The Morgan fingerprint density at radius 1 is 1.26 bits per heavy atom. The van der Waals surface area contributed by atoms with Crippen molar-refractivity contribution in [2.75, 3.05) is 25.6 Å². The highest BCUT2D eigenvalue weighted by molar-refractivity contribution is 9.10. The Hall–Kier alpha value is -2.53. The molecule has 1 saturated heterocycles. The van der Waals surface area contributed by atoms with Gasteiger partial charge in [0.15, 0.2) is 34.0 Å². The van der Waals surface area contributed by atoms with Crippen LogP contribution in [-0.4, -0.2) is 50.2 Å². The van der Waals surface area contributed by atoms with Gasteiger partial charge in [-0.15, -0.1) is 0 Å². The number of ether oxygens (including phenoxy) is 2. The molecule has 1 aromatic rings. The molecule has 1 amide bonds. The molecule has 0 spiro atoms. The lowest BCUT2D eigenvalue weighted by atomic mass is 9.90. The molecule has 0 saturated carbocycles. The highest BCUT2D eigenvalue weighted by atomic mass is 79.9. The molecule has 1 aromatic carbocycles. The molecule has 186 valence electrons. The second-order valence-corrected chi connectivity index (χ2v) is 11.9. The first-order valence-electron chi connectivity index (χ1n) is 11.7. The molecule has 35 heavy (non-hydrogen) atoms. The minimum Gasteiger partial charge on any atom is -0.454 e. The average molecular weight is 562 g/mol. The zero-order valence-corrected chi connectivity index (χ0v) is 22.5. The molecule has 1 atom stereocenters. The van der Waals surface area contributed by atoms with E-state index < -0.39 is 0 Å². The van der Waals surface area contributed by atoms with Crippen LogP contribution in [0.1, 0.15) is 40.0 Å². The lowest BCUT2D eigenvalue weighted by molar-refractivity contribution is -0.141. The van der Waals surface area contributed by atoms with Crippen molar-refractivity contribution in [1.82, 2.24) is 24.4 Å². The third kappa shape index (κ3) is 5.06. The maximum absolute atomic E-state index is 12.7. The number of piperidine rings is 1. The number of carbonyl (C=O) groups is 1. The number of amides is 1. The molecule has 5 rings (SSSR count). The van der Waals surface area contributed by atoms with E-state index in [-0.39, 0.29) is 18.1 Å². The summed E-state index contributed by atoms with van der Waals surface area (Å²) in [6.45, 7) is 8.55. The van der Waals surface area contributed by atoms with Crippen LogP contribution in [0.25, 0.3) is 11.5 Å². The van der Waals surface area contributed by atoms with Gasteiger partial charge < -0.3 is 24.7 Å². The molecular weight excluding hydrogens is 532 g/mol. The summed E-state index contributed by atoms with van der Waals surface area (Å²) in [6.07, 6.45) is 4.82. The van der Waals surface area contributed by atoms with Gasteiger partial charge in [0.2, 0.25) is 12.7 Å². The van der Waals surface area contributed by atoms with Crippen molar-refractivity contribution in [2.45, 2.75) is 56.6 Å². The number of aromatic nitrogens is 4. The zero-order valence-electron chi connectivity index (χ0n) is 20.1. The molecule has 0 radical (unpaired) electrons. The van der Waals surface area contributed by atoms with Crippen molar-refractivity contribution in [2.24, 2.45) is 11.3 Å². The fourth-order valence-corrected chi connectivity index (χ4v) is 5.85. The Morgan fingerprint density at radius 3 is 2.80 bits per heavy atom. The van der Waals surface area contributed by atoms with Gasteiger partial charge >= 0.3 is 0 Å². The Kier molecular flexibility index (Phi) is 6.56. The standard InChI is InChI=1S/C24H29BrN6O3S/c1-24(2,3)22(32)30-7-4-5-14(11-30)6-8-31-12-27-20(26)19-21(31)29-23(28-19)35-18-10-17-16(9-15(18)25)33-13-34-17/h9-10,12,14H,4-8,11,13,26H2,1-3H3. The molecule has 1 unspecified atom stereocenters. The number of aryl methyl sites for hydroxylation is 1. The van der Waals surface area contributed by atoms with Crippen LogP contribution >= 0.6 is 27.7 Å². The first-order chi connectivity index (χ1) is 16.7. The number of fused-ring (bicyclic) bond motifs is 2.